The molecule has 0 saturated carbocycles. The van der Waals surface area contributed by atoms with Crippen LogP contribution in [0, 0.1) is 6.92 Å². The third-order valence-electron chi connectivity index (χ3n) is 6.49. The Morgan fingerprint density at radius 3 is 1.89 bits per heavy atom. The van der Waals surface area contributed by atoms with Crippen LogP contribution in [0.1, 0.15) is 85.0 Å². The molecule has 4 N–H and O–H groups in total. The first kappa shape index (κ1) is 37.1. The van der Waals surface area contributed by atoms with E-state index in [1.807, 2.05) is 30.3 Å². The number of aryl methyl sites for hydroxylation is 1. The fourth-order valence-electron chi connectivity index (χ4n) is 4.61. The van der Waals surface area contributed by atoms with Crippen molar-refractivity contribution in [2.24, 2.45) is 0 Å². The lowest BCUT2D eigenvalue weighted by molar-refractivity contribution is -0.159. The van der Waals surface area contributed by atoms with Crippen molar-refractivity contribution in [3.8, 4) is 5.75 Å². The van der Waals surface area contributed by atoms with Gasteiger partial charge in [0.1, 0.15) is 35.1 Å². The Morgan fingerprint density at radius 2 is 1.38 bits per heavy atom. The van der Waals surface area contributed by atoms with Gasteiger partial charge in [0.25, 0.3) is 0 Å². The van der Waals surface area contributed by atoms with E-state index in [2.05, 4.69) is 10.6 Å². The summed E-state index contributed by atoms with van der Waals surface area (Å²) in [4.78, 5) is 55.8. The lowest BCUT2D eigenvalue weighted by Crippen LogP contribution is -2.60. The zero-order chi connectivity index (χ0) is 34.3. The lowest BCUT2D eigenvalue weighted by atomic mass is 9.93. The molecule has 0 saturated heterocycles. The summed E-state index contributed by atoms with van der Waals surface area (Å²) in [6.07, 6.45) is -0.840. The van der Waals surface area contributed by atoms with Crippen LogP contribution >= 0.6 is 0 Å². The number of para-hydroxylation sites is 1. The van der Waals surface area contributed by atoms with E-state index in [4.69, 9.17) is 9.47 Å². The second-order valence-electron chi connectivity index (χ2n) is 14.0. The van der Waals surface area contributed by atoms with Gasteiger partial charge in [0.05, 0.1) is 6.61 Å². The lowest BCUT2D eigenvalue weighted by Gasteiger charge is -2.43. The molecule has 45 heavy (non-hydrogen) atoms. The van der Waals surface area contributed by atoms with Crippen molar-refractivity contribution >= 4 is 23.9 Å². The van der Waals surface area contributed by atoms with Crippen molar-refractivity contribution in [3.05, 3.63) is 65.2 Å². The van der Waals surface area contributed by atoms with Gasteiger partial charge in [0.15, 0.2) is 0 Å². The molecule has 248 valence electrons. The number of aliphatic hydroxyl groups excluding tert-OH is 1. The quantitative estimate of drug-likeness (QED) is 0.284. The van der Waals surface area contributed by atoms with Gasteiger partial charge in [-0.2, -0.15) is 0 Å². The topological polar surface area (TPSA) is 154 Å². The number of rotatable bonds is 10. The van der Waals surface area contributed by atoms with Gasteiger partial charge in [-0.15, -0.1) is 0 Å². The first-order valence-electron chi connectivity index (χ1n) is 14.9. The summed E-state index contributed by atoms with van der Waals surface area (Å²) in [5.74, 6) is -2.49. The van der Waals surface area contributed by atoms with E-state index in [1.54, 1.807) is 81.4 Å². The summed E-state index contributed by atoms with van der Waals surface area (Å²) in [7, 11) is 0. The summed E-state index contributed by atoms with van der Waals surface area (Å²) in [6.45, 7) is 16.0. The maximum Gasteiger partial charge on any atom is 0.408 e. The minimum atomic E-state index is -1.49. The summed E-state index contributed by atoms with van der Waals surface area (Å²) in [5, 5.41) is 26.5. The average Bonchev–Trinajstić information content (AvgIpc) is 2.89. The van der Waals surface area contributed by atoms with Gasteiger partial charge in [0.2, 0.25) is 11.8 Å². The van der Waals surface area contributed by atoms with Crippen molar-refractivity contribution in [1.82, 2.24) is 15.5 Å². The van der Waals surface area contributed by atoms with Gasteiger partial charge in [-0.25, -0.2) is 9.59 Å². The van der Waals surface area contributed by atoms with Crippen molar-refractivity contribution in [3.63, 3.8) is 0 Å². The van der Waals surface area contributed by atoms with Crippen LogP contribution < -0.4 is 10.6 Å². The zero-order valence-electron chi connectivity index (χ0n) is 28.1. The molecule has 2 rings (SSSR count). The van der Waals surface area contributed by atoms with Crippen LogP contribution in [0.25, 0.3) is 0 Å². The number of nitrogens with one attached hydrogen (secondary N) is 2. The molecule has 0 heterocycles. The predicted molar refractivity (Wildman–Crippen MR) is 170 cm³/mol. The first-order valence-corrected chi connectivity index (χ1v) is 14.9. The Kier molecular flexibility index (Phi) is 12.2. The SMILES string of the molecule is Cc1cccc(C(C(=O)NC(Cc2ccccc2)C(=O)OC(C)(C)C)N(C(=O)C(CO)NC(=O)OC(C)(C)C)C(C)(C)C)c1O. The minimum Gasteiger partial charge on any atom is -0.507 e. The van der Waals surface area contributed by atoms with Gasteiger partial charge >= 0.3 is 12.1 Å². The fourth-order valence-corrected chi connectivity index (χ4v) is 4.61. The molecule has 0 spiro atoms. The minimum absolute atomic E-state index is 0.0902. The fraction of sp³-hybridized carbons (Fsp3) is 0.529. The number of benzene rings is 2. The molecule has 2 aromatic rings. The number of alkyl carbamates (subject to hydrolysis) is 1. The molecule has 0 bridgehead atoms. The number of carbonyl (C=O) groups excluding carboxylic acids is 4. The summed E-state index contributed by atoms with van der Waals surface area (Å²) in [6, 6.07) is 9.72. The van der Waals surface area contributed by atoms with Crippen LogP contribution in [-0.2, 0) is 30.3 Å². The van der Waals surface area contributed by atoms with Crippen LogP contribution in [0.2, 0.25) is 0 Å². The van der Waals surface area contributed by atoms with E-state index >= 15 is 0 Å². The number of ether oxygens (including phenoxy) is 2. The highest BCUT2D eigenvalue weighted by molar-refractivity contribution is 5.95. The van der Waals surface area contributed by atoms with Gasteiger partial charge < -0.3 is 35.2 Å². The van der Waals surface area contributed by atoms with Gasteiger partial charge in [-0.1, -0.05) is 48.5 Å². The molecular weight excluding hydrogens is 578 g/mol. The van der Waals surface area contributed by atoms with Crippen LogP contribution in [0.3, 0.4) is 0 Å². The second kappa shape index (κ2) is 14.8. The maximum absolute atomic E-state index is 14.4. The van der Waals surface area contributed by atoms with E-state index in [0.717, 1.165) is 5.56 Å². The Bertz CT molecular complexity index is 1340. The van der Waals surface area contributed by atoms with Gasteiger partial charge in [-0.05, 0) is 80.4 Å². The largest absolute Gasteiger partial charge is 0.507 e. The van der Waals surface area contributed by atoms with Crippen molar-refractivity contribution < 1.29 is 38.9 Å². The standard InChI is InChI=1S/C34H49N3O8/c1-21-15-14-18-23(27(21)39)26(37(32(2,3)4)29(41)25(20-38)36-31(43)45-34(8,9)10)28(40)35-24(30(42)44-33(5,6)7)19-22-16-12-11-13-17-22/h11-18,24-26,38-39H,19-20H2,1-10H3,(H,35,40)(H,36,43). The zero-order valence-corrected chi connectivity index (χ0v) is 28.1. The highest BCUT2D eigenvalue weighted by Gasteiger charge is 2.44. The van der Waals surface area contributed by atoms with E-state index < -0.39 is 65.4 Å². The van der Waals surface area contributed by atoms with Crippen molar-refractivity contribution in [2.45, 2.75) is 111 Å². The van der Waals surface area contributed by atoms with Crippen LogP contribution in [-0.4, -0.2) is 74.4 Å². The van der Waals surface area contributed by atoms with Crippen LogP contribution in [0.4, 0.5) is 4.79 Å². The predicted octanol–water partition coefficient (Wildman–Crippen LogP) is 4.32. The molecule has 2 aromatic carbocycles. The maximum atomic E-state index is 14.4. The number of esters is 1. The van der Waals surface area contributed by atoms with Crippen molar-refractivity contribution in [2.75, 3.05) is 6.61 Å². The van der Waals surface area contributed by atoms with Gasteiger partial charge in [0, 0.05) is 17.5 Å². The third kappa shape index (κ3) is 11.1. The van der Waals surface area contributed by atoms with Crippen LogP contribution in [0.5, 0.6) is 5.75 Å². The number of aromatic hydroxyl groups is 1. The molecule has 0 aliphatic heterocycles. The molecule has 0 radical (unpaired) electrons. The van der Waals surface area contributed by atoms with Crippen LogP contribution in [0.15, 0.2) is 48.5 Å². The molecule has 11 nitrogen and oxygen atoms in total. The Morgan fingerprint density at radius 1 is 0.800 bits per heavy atom. The number of amides is 3. The number of carbonyl (C=O) groups is 4. The molecule has 3 atom stereocenters. The number of phenolic OH excluding ortho intramolecular Hbond substituents is 1. The molecular formula is C34H49N3O8. The number of nitrogens with zero attached hydrogens (tertiary/aromatic N) is 1. The highest BCUT2D eigenvalue weighted by atomic mass is 16.6. The first-order chi connectivity index (χ1) is 20.6. The smallest absolute Gasteiger partial charge is 0.408 e. The molecule has 3 unspecified atom stereocenters. The summed E-state index contributed by atoms with van der Waals surface area (Å²) >= 11 is 0. The molecule has 11 heteroatoms. The van der Waals surface area contributed by atoms with E-state index in [9.17, 15) is 29.4 Å². The molecule has 0 aromatic heterocycles. The third-order valence-corrected chi connectivity index (χ3v) is 6.49. The van der Waals surface area contributed by atoms with E-state index in [1.165, 1.54) is 11.0 Å². The van der Waals surface area contributed by atoms with E-state index in [0.29, 0.717) is 5.56 Å². The summed E-state index contributed by atoms with van der Waals surface area (Å²) < 4.78 is 10.9. The number of phenols is 1. The van der Waals surface area contributed by atoms with E-state index in [-0.39, 0.29) is 17.7 Å². The number of hydrogen-bond donors (Lipinski definition) is 4. The van der Waals surface area contributed by atoms with Crippen molar-refractivity contribution in [1.29, 1.82) is 0 Å². The Balaban J connectivity index is 2.66. The normalized spacial score (nSPS) is 14.0. The number of hydrogen-bond acceptors (Lipinski definition) is 8. The molecule has 0 aliphatic rings. The molecule has 3 amide bonds. The Labute approximate surface area is 266 Å². The molecule has 0 fully saturated rings. The highest BCUT2D eigenvalue weighted by Crippen LogP contribution is 2.36. The average molecular weight is 628 g/mol. The van der Waals surface area contributed by atoms with Gasteiger partial charge in [-0.3, -0.25) is 9.59 Å². The monoisotopic (exact) mass is 627 g/mol. The molecule has 0 aliphatic carbocycles. The Hall–Kier alpha value is -4.12. The summed E-state index contributed by atoms with van der Waals surface area (Å²) in [5.41, 5.74) is -1.52. The second-order valence-corrected chi connectivity index (χ2v) is 14.0. The number of aliphatic hydroxyl groups is 1.